The number of ether oxygens (including phenoxy) is 1. The second kappa shape index (κ2) is 8.54. The molecule has 5 rings (SSSR count). The molecule has 1 aromatic heterocycles. The molecule has 0 aliphatic carbocycles. The van der Waals surface area contributed by atoms with Gasteiger partial charge in [-0.1, -0.05) is 0 Å². The lowest BCUT2D eigenvalue weighted by atomic mass is 10.1. The molecule has 1 aromatic carbocycles. The molecule has 1 N–H and O–H groups in total. The van der Waals surface area contributed by atoms with Gasteiger partial charge >= 0.3 is 0 Å². The molecule has 144 valence electrons. The van der Waals surface area contributed by atoms with Gasteiger partial charge in [0, 0.05) is 37.8 Å². The molecule has 3 fully saturated rings. The predicted molar refractivity (Wildman–Crippen MR) is 107 cm³/mol. The first-order valence-electron chi connectivity index (χ1n) is 8.99. The third kappa shape index (κ3) is 4.31. The van der Waals surface area contributed by atoms with Crippen molar-refractivity contribution in [3.05, 3.63) is 42.2 Å². The Morgan fingerprint density at radius 1 is 1.07 bits per heavy atom. The number of fused-ring (bicyclic) bond motifs is 4. The summed E-state index contributed by atoms with van der Waals surface area (Å²) >= 11 is 0. The maximum atomic E-state index is 12.3. The van der Waals surface area contributed by atoms with Crippen LogP contribution in [0.25, 0.3) is 0 Å². The van der Waals surface area contributed by atoms with Crippen LogP contribution >= 0.6 is 12.4 Å². The summed E-state index contributed by atoms with van der Waals surface area (Å²) in [5.41, 5.74) is 1.16. The average molecular weight is 390 g/mol. The van der Waals surface area contributed by atoms with Crippen molar-refractivity contribution >= 4 is 29.9 Å². The number of anilines is 2. The number of hydrogen-bond donors (Lipinski definition) is 1. The minimum Gasteiger partial charge on any atom is -0.497 e. The molecule has 7 nitrogen and oxygen atoms in total. The zero-order valence-corrected chi connectivity index (χ0v) is 16.1. The first kappa shape index (κ1) is 19.4. The van der Waals surface area contributed by atoms with Gasteiger partial charge in [0.1, 0.15) is 5.75 Å². The minimum atomic E-state index is -0.190. The summed E-state index contributed by atoms with van der Waals surface area (Å²) in [5.74, 6) is 1.28. The number of hydrogen-bond acceptors (Lipinski definition) is 6. The van der Waals surface area contributed by atoms with Crippen molar-refractivity contribution in [2.75, 3.05) is 43.5 Å². The summed E-state index contributed by atoms with van der Waals surface area (Å²) in [6.07, 6.45) is 5.70. The summed E-state index contributed by atoms with van der Waals surface area (Å²) in [5, 5.41) is 2.84. The van der Waals surface area contributed by atoms with Crippen molar-refractivity contribution in [2.24, 2.45) is 0 Å². The summed E-state index contributed by atoms with van der Waals surface area (Å²) in [7, 11) is 1.60. The van der Waals surface area contributed by atoms with E-state index < -0.39 is 0 Å². The Morgan fingerprint density at radius 2 is 1.74 bits per heavy atom. The van der Waals surface area contributed by atoms with Gasteiger partial charge in [-0.25, -0.2) is 9.97 Å². The van der Waals surface area contributed by atoms with Crippen LogP contribution in [-0.2, 0) is 0 Å². The lowest BCUT2D eigenvalue weighted by molar-refractivity contribution is 0.102. The number of halogens is 1. The second-order valence-corrected chi connectivity index (χ2v) is 6.72. The molecule has 27 heavy (non-hydrogen) atoms. The zero-order chi connectivity index (χ0) is 17.9. The molecule has 0 atom stereocenters. The number of amides is 1. The molecule has 8 heteroatoms. The summed E-state index contributed by atoms with van der Waals surface area (Å²) < 4.78 is 5.11. The first-order valence-corrected chi connectivity index (χ1v) is 8.99. The van der Waals surface area contributed by atoms with Crippen LogP contribution in [0.3, 0.4) is 0 Å². The van der Waals surface area contributed by atoms with Crippen LogP contribution in [0.5, 0.6) is 5.75 Å². The predicted octanol–water partition coefficient (Wildman–Crippen LogP) is 2.44. The Kier molecular flexibility index (Phi) is 6.13. The largest absolute Gasteiger partial charge is 0.497 e. The van der Waals surface area contributed by atoms with E-state index in [1.807, 2.05) is 0 Å². The van der Waals surface area contributed by atoms with Gasteiger partial charge in [-0.05, 0) is 37.1 Å². The lowest BCUT2D eigenvalue weighted by Crippen LogP contribution is -2.38. The topological polar surface area (TPSA) is 70.6 Å². The van der Waals surface area contributed by atoms with E-state index in [0.717, 1.165) is 37.9 Å². The molecule has 0 radical (unpaired) electrons. The molecule has 2 aromatic rings. The zero-order valence-electron chi connectivity index (χ0n) is 15.3. The number of carbonyl (C=O) groups excluding carboxylic acids is 1. The highest BCUT2D eigenvalue weighted by atomic mass is 35.5. The van der Waals surface area contributed by atoms with Crippen LogP contribution in [0.2, 0.25) is 0 Å². The highest BCUT2D eigenvalue weighted by Gasteiger charge is 2.30. The monoisotopic (exact) mass is 389 g/mol. The first-order chi connectivity index (χ1) is 12.7. The molecule has 3 saturated heterocycles. The molecule has 2 bridgehead atoms. The molecule has 1 amide bonds. The molecule has 0 spiro atoms. The van der Waals surface area contributed by atoms with Crippen LogP contribution in [-0.4, -0.2) is 60.1 Å². The number of nitrogens with one attached hydrogen (secondary N) is 1. The Hall–Kier alpha value is -2.38. The van der Waals surface area contributed by atoms with Crippen LogP contribution in [0, 0.1) is 0 Å². The normalized spacial score (nSPS) is 21.1. The van der Waals surface area contributed by atoms with Crippen molar-refractivity contribution in [3.63, 3.8) is 0 Å². The van der Waals surface area contributed by atoms with Gasteiger partial charge in [-0.15, -0.1) is 12.4 Å². The quantitative estimate of drug-likeness (QED) is 0.866. The standard InChI is InChI=1S/C19H23N5O2.ClH/c1-26-17-4-2-14(3-5-17)18(25)22-15-12-20-19(21-13-15)24-11-10-23-8-6-16(24)7-9-23;/h2-5,12-13,16H,6-11H2,1H3,(H,22,25);1H. The fourth-order valence-electron chi connectivity index (χ4n) is 3.63. The average Bonchev–Trinajstić information content (AvgIpc) is 3.02. The van der Waals surface area contributed by atoms with E-state index in [2.05, 4.69) is 25.1 Å². The van der Waals surface area contributed by atoms with Gasteiger partial charge in [0.2, 0.25) is 5.95 Å². The molecule has 0 saturated carbocycles. The molecule has 3 aliphatic rings. The van der Waals surface area contributed by atoms with Crippen molar-refractivity contribution in [3.8, 4) is 5.75 Å². The highest BCUT2D eigenvalue weighted by molar-refractivity contribution is 6.04. The number of benzene rings is 1. The third-order valence-electron chi connectivity index (χ3n) is 5.16. The number of carbonyl (C=O) groups is 1. The summed E-state index contributed by atoms with van der Waals surface area (Å²) in [6.45, 7) is 4.35. The minimum absolute atomic E-state index is 0. The maximum Gasteiger partial charge on any atom is 0.255 e. The van der Waals surface area contributed by atoms with E-state index in [4.69, 9.17) is 4.74 Å². The second-order valence-electron chi connectivity index (χ2n) is 6.72. The Bertz CT molecular complexity index is 761. The van der Waals surface area contributed by atoms with E-state index in [9.17, 15) is 4.79 Å². The van der Waals surface area contributed by atoms with E-state index in [0.29, 0.717) is 17.3 Å². The Morgan fingerprint density at radius 3 is 2.37 bits per heavy atom. The SMILES string of the molecule is COc1ccc(C(=O)Nc2cnc(N3CCN4CCC3CC4)nc2)cc1.Cl. The molecule has 0 unspecified atom stereocenters. The van der Waals surface area contributed by atoms with Gasteiger partial charge in [0.25, 0.3) is 5.91 Å². The van der Waals surface area contributed by atoms with E-state index in [1.165, 1.54) is 12.8 Å². The molecular weight excluding hydrogens is 366 g/mol. The van der Waals surface area contributed by atoms with Gasteiger partial charge in [0.05, 0.1) is 25.2 Å². The smallest absolute Gasteiger partial charge is 0.255 e. The fraction of sp³-hybridized carbons (Fsp3) is 0.421. The molecule has 4 heterocycles. The lowest BCUT2D eigenvalue weighted by Gasteiger charge is -2.31. The number of aromatic nitrogens is 2. The summed E-state index contributed by atoms with van der Waals surface area (Å²) in [6, 6.07) is 7.50. The van der Waals surface area contributed by atoms with Gasteiger partial charge < -0.3 is 19.9 Å². The highest BCUT2D eigenvalue weighted by Crippen LogP contribution is 2.24. The number of nitrogens with zero attached hydrogens (tertiary/aromatic N) is 4. The van der Waals surface area contributed by atoms with Crippen molar-refractivity contribution in [1.29, 1.82) is 0 Å². The van der Waals surface area contributed by atoms with Crippen LogP contribution in [0.15, 0.2) is 36.7 Å². The third-order valence-corrected chi connectivity index (χ3v) is 5.16. The summed E-state index contributed by atoms with van der Waals surface area (Å²) in [4.78, 5) is 26.1. The van der Waals surface area contributed by atoms with Crippen LogP contribution in [0.4, 0.5) is 11.6 Å². The van der Waals surface area contributed by atoms with Crippen LogP contribution < -0.4 is 15.0 Å². The van der Waals surface area contributed by atoms with E-state index in [1.54, 1.807) is 43.8 Å². The van der Waals surface area contributed by atoms with Gasteiger partial charge in [0.15, 0.2) is 0 Å². The van der Waals surface area contributed by atoms with Crippen LogP contribution in [0.1, 0.15) is 23.2 Å². The van der Waals surface area contributed by atoms with Crippen molar-refractivity contribution in [1.82, 2.24) is 14.9 Å². The molecule has 3 aliphatic heterocycles. The van der Waals surface area contributed by atoms with Gasteiger partial charge in [-0.3, -0.25) is 4.79 Å². The molecular formula is C19H24ClN5O2. The van der Waals surface area contributed by atoms with Crippen molar-refractivity contribution in [2.45, 2.75) is 18.9 Å². The Balaban J connectivity index is 0.00000210. The number of methoxy groups -OCH3 is 1. The van der Waals surface area contributed by atoms with E-state index in [-0.39, 0.29) is 18.3 Å². The fourth-order valence-corrected chi connectivity index (χ4v) is 3.63. The maximum absolute atomic E-state index is 12.3. The number of piperidine rings is 1. The van der Waals surface area contributed by atoms with Crippen molar-refractivity contribution < 1.29 is 9.53 Å². The van der Waals surface area contributed by atoms with Gasteiger partial charge in [-0.2, -0.15) is 0 Å². The Labute approximate surface area is 165 Å². The van der Waals surface area contributed by atoms with E-state index >= 15 is 0 Å². The number of rotatable bonds is 4.